The van der Waals surface area contributed by atoms with Gasteiger partial charge in [-0.3, -0.25) is 9.59 Å². The van der Waals surface area contributed by atoms with Gasteiger partial charge in [0, 0.05) is 36.1 Å². The number of carbonyl (C=O) groups is 2. The number of fused-ring (bicyclic) bond motifs is 1. The standard InChI is InChI=1S/C22H18N4O3/c1-26-12-11-23-21(26)20(27)14-3-6-16(7-4-14)24-22(28)19-9-5-15-13-17(29-2)8-10-18(15)25-19/h3-13H,1-2H3,(H,24,28). The van der Waals surface area contributed by atoms with Crippen LogP contribution in [0.1, 0.15) is 26.7 Å². The van der Waals surface area contributed by atoms with Crippen LogP contribution in [0.4, 0.5) is 5.69 Å². The van der Waals surface area contributed by atoms with Crippen molar-refractivity contribution in [3.05, 3.63) is 84.1 Å². The number of methoxy groups -OCH3 is 1. The minimum Gasteiger partial charge on any atom is -0.497 e. The first kappa shape index (κ1) is 18.4. The topological polar surface area (TPSA) is 86.1 Å². The van der Waals surface area contributed by atoms with Crippen molar-refractivity contribution in [2.24, 2.45) is 7.05 Å². The molecule has 0 atom stereocenters. The molecule has 0 saturated heterocycles. The largest absolute Gasteiger partial charge is 0.497 e. The molecule has 0 spiro atoms. The maximum atomic E-state index is 12.6. The van der Waals surface area contributed by atoms with E-state index in [2.05, 4.69) is 15.3 Å². The van der Waals surface area contributed by atoms with Gasteiger partial charge >= 0.3 is 0 Å². The molecule has 0 aliphatic carbocycles. The molecule has 7 heteroatoms. The predicted molar refractivity (Wildman–Crippen MR) is 109 cm³/mol. The number of benzene rings is 2. The fourth-order valence-corrected chi connectivity index (χ4v) is 2.97. The van der Waals surface area contributed by atoms with Crippen molar-refractivity contribution in [3.63, 3.8) is 0 Å². The number of pyridine rings is 1. The smallest absolute Gasteiger partial charge is 0.274 e. The first-order valence-electron chi connectivity index (χ1n) is 8.93. The minimum absolute atomic E-state index is 0.179. The first-order valence-corrected chi connectivity index (χ1v) is 8.93. The number of hydrogen-bond donors (Lipinski definition) is 1. The van der Waals surface area contributed by atoms with E-state index in [1.807, 2.05) is 18.2 Å². The number of hydrogen-bond acceptors (Lipinski definition) is 5. The number of carbonyl (C=O) groups excluding carboxylic acids is 2. The second-order valence-electron chi connectivity index (χ2n) is 6.48. The predicted octanol–water partition coefficient (Wildman–Crippen LogP) is 3.46. The zero-order chi connectivity index (χ0) is 20.4. The summed E-state index contributed by atoms with van der Waals surface area (Å²) in [7, 11) is 3.37. The third kappa shape index (κ3) is 3.70. The molecule has 29 heavy (non-hydrogen) atoms. The quantitative estimate of drug-likeness (QED) is 0.531. The summed E-state index contributed by atoms with van der Waals surface area (Å²) in [6, 6.07) is 15.6. The number of anilines is 1. The molecule has 0 aliphatic heterocycles. The summed E-state index contributed by atoms with van der Waals surface area (Å²) >= 11 is 0. The van der Waals surface area contributed by atoms with E-state index in [9.17, 15) is 9.59 Å². The Morgan fingerprint density at radius 2 is 1.83 bits per heavy atom. The van der Waals surface area contributed by atoms with Gasteiger partial charge in [-0.25, -0.2) is 9.97 Å². The van der Waals surface area contributed by atoms with E-state index in [0.717, 1.165) is 11.1 Å². The van der Waals surface area contributed by atoms with Crippen LogP contribution in [0.25, 0.3) is 10.9 Å². The van der Waals surface area contributed by atoms with Crippen molar-refractivity contribution in [1.29, 1.82) is 0 Å². The lowest BCUT2D eigenvalue weighted by molar-refractivity contribution is 0.101. The molecule has 4 rings (SSSR count). The van der Waals surface area contributed by atoms with Gasteiger partial charge in [-0.2, -0.15) is 0 Å². The van der Waals surface area contributed by atoms with E-state index in [1.165, 1.54) is 0 Å². The van der Waals surface area contributed by atoms with E-state index in [1.54, 1.807) is 67.5 Å². The molecule has 0 aliphatic rings. The van der Waals surface area contributed by atoms with Crippen LogP contribution in [-0.2, 0) is 7.05 Å². The van der Waals surface area contributed by atoms with Crippen molar-refractivity contribution in [2.75, 3.05) is 12.4 Å². The van der Waals surface area contributed by atoms with Crippen molar-refractivity contribution in [1.82, 2.24) is 14.5 Å². The van der Waals surface area contributed by atoms with E-state index in [0.29, 0.717) is 28.3 Å². The molecule has 7 nitrogen and oxygen atoms in total. The van der Waals surface area contributed by atoms with Gasteiger partial charge in [0.15, 0.2) is 5.82 Å². The second-order valence-corrected chi connectivity index (χ2v) is 6.48. The Kier molecular flexibility index (Phi) is 4.78. The monoisotopic (exact) mass is 386 g/mol. The maximum Gasteiger partial charge on any atom is 0.274 e. The van der Waals surface area contributed by atoms with Crippen LogP contribution in [0, 0.1) is 0 Å². The molecule has 0 unspecified atom stereocenters. The fraction of sp³-hybridized carbons (Fsp3) is 0.0909. The van der Waals surface area contributed by atoms with Crippen molar-refractivity contribution in [2.45, 2.75) is 0 Å². The number of nitrogens with zero attached hydrogens (tertiary/aromatic N) is 3. The van der Waals surface area contributed by atoms with Gasteiger partial charge in [0.1, 0.15) is 11.4 Å². The molecule has 2 aromatic carbocycles. The van der Waals surface area contributed by atoms with Crippen molar-refractivity contribution < 1.29 is 14.3 Å². The average Bonchev–Trinajstić information content (AvgIpc) is 3.18. The number of rotatable bonds is 5. The van der Waals surface area contributed by atoms with Gasteiger partial charge in [-0.05, 0) is 48.5 Å². The molecule has 144 valence electrons. The van der Waals surface area contributed by atoms with Crippen molar-refractivity contribution >= 4 is 28.3 Å². The number of aryl methyl sites for hydroxylation is 1. The van der Waals surface area contributed by atoms with Crippen molar-refractivity contribution in [3.8, 4) is 5.75 Å². The van der Waals surface area contributed by atoms with Gasteiger partial charge in [0.2, 0.25) is 5.78 Å². The fourth-order valence-electron chi connectivity index (χ4n) is 2.97. The van der Waals surface area contributed by atoms with Crippen LogP contribution in [-0.4, -0.2) is 33.3 Å². The van der Waals surface area contributed by atoms with E-state index >= 15 is 0 Å². The molecule has 1 N–H and O–H groups in total. The Morgan fingerprint density at radius 3 is 2.52 bits per heavy atom. The average molecular weight is 386 g/mol. The van der Waals surface area contributed by atoms with Gasteiger partial charge in [0.25, 0.3) is 5.91 Å². The number of aromatic nitrogens is 3. The zero-order valence-electron chi connectivity index (χ0n) is 15.9. The molecular formula is C22H18N4O3. The summed E-state index contributed by atoms with van der Waals surface area (Å²) in [6.07, 6.45) is 3.29. The number of ether oxygens (including phenoxy) is 1. The first-order chi connectivity index (χ1) is 14.0. The van der Waals surface area contributed by atoms with Crippen LogP contribution in [0.15, 0.2) is 67.0 Å². The molecule has 0 fully saturated rings. The Labute approximate surface area is 167 Å². The Hall–Kier alpha value is -4.00. The highest BCUT2D eigenvalue weighted by Gasteiger charge is 2.14. The lowest BCUT2D eigenvalue weighted by Gasteiger charge is -2.07. The third-order valence-electron chi connectivity index (χ3n) is 4.56. The number of ketones is 1. The summed E-state index contributed by atoms with van der Waals surface area (Å²) in [5.74, 6) is 0.586. The summed E-state index contributed by atoms with van der Waals surface area (Å²) < 4.78 is 6.86. The van der Waals surface area contributed by atoms with Gasteiger partial charge < -0.3 is 14.6 Å². The Balaban J connectivity index is 1.50. The van der Waals surface area contributed by atoms with Crippen LogP contribution in [0.5, 0.6) is 5.75 Å². The minimum atomic E-state index is -0.328. The molecule has 0 radical (unpaired) electrons. The van der Waals surface area contributed by atoms with Gasteiger partial charge in [-0.15, -0.1) is 0 Å². The van der Waals surface area contributed by atoms with Crippen LogP contribution >= 0.6 is 0 Å². The molecule has 0 saturated carbocycles. The normalized spacial score (nSPS) is 10.7. The highest BCUT2D eigenvalue weighted by Crippen LogP contribution is 2.20. The molecular weight excluding hydrogens is 368 g/mol. The number of amides is 1. The lowest BCUT2D eigenvalue weighted by Crippen LogP contribution is -2.14. The van der Waals surface area contributed by atoms with Gasteiger partial charge in [-0.1, -0.05) is 6.07 Å². The third-order valence-corrected chi connectivity index (χ3v) is 4.56. The summed E-state index contributed by atoms with van der Waals surface area (Å²) in [5.41, 5.74) is 2.07. The maximum absolute atomic E-state index is 12.6. The highest BCUT2D eigenvalue weighted by atomic mass is 16.5. The highest BCUT2D eigenvalue weighted by molar-refractivity contribution is 6.07. The van der Waals surface area contributed by atoms with E-state index in [-0.39, 0.29) is 11.7 Å². The molecule has 2 heterocycles. The van der Waals surface area contributed by atoms with Gasteiger partial charge in [0.05, 0.1) is 12.6 Å². The summed E-state index contributed by atoms with van der Waals surface area (Å²) in [5, 5.41) is 3.69. The molecule has 0 bridgehead atoms. The molecule has 2 aromatic heterocycles. The molecule has 1 amide bonds. The second kappa shape index (κ2) is 7.55. The zero-order valence-corrected chi connectivity index (χ0v) is 15.9. The van der Waals surface area contributed by atoms with E-state index < -0.39 is 0 Å². The SMILES string of the molecule is COc1ccc2nc(C(=O)Nc3ccc(C(=O)c4nccn4C)cc3)ccc2c1. The number of imidazole rings is 1. The lowest BCUT2D eigenvalue weighted by atomic mass is 10.1. The van der Waals surface area contributed by atoms with Crippen LogP contribution in [0.2, 0.25) is 0 Å². The Bertz CT molecular complexity index is 1210. The number of nitrogens with one attached hydrogen (secondary N) is 1. The Morgan fingerprint density at radius 1 is 1.03 bits per heavy atom. The van der Waals surface area contributed by atoms with Crippen LogP contribution in [0.3, 0.4) is 0 Å². The van der Waals surface area contributed by atoms with Crippen LogP contribution < -0.4 is 10.1 Å². The molecule has 4 aromatic rings. The van der Waals surface area contributed by atoms with E-state index in [4.69, 9.17) is 4.74 Å². The summed E-state index contributed by atoms with van der Waals surface area (Å²) in [6.45, 7) is 0. The summed E-state index contributed by atoms with van der Waals surface area (Å²) in [4.78, 5) is 33.5.